The van der Waals surface area contributed by atoms with Crippen LogP contribution in [0.5, 0.6) is 0 Å². The molecule has 6 nitrogen and oxygen atoms in total. The van der Waals surface area contributed by atoms with Crippen LogP contribution in [0, 0.1) is 0 Å². The SMILES string of the molecule is CN(C)S(=O)(=O)c1ccccc1NCc1ccno1. The molecule has 1 aromatic heterocycles. The first-order valence-corrected chi connectivity index (χ1v) is 7.11. The van der Waals surface area contributed by atoms with Crippen molar-refractivity contribution >= 4 is 15.7 Å². The molecule has 0 radical (unpaired) electrons. The van der Waals surface area contributed by atoms with Crippen molar-refractivity contribution in [3.63, 3.8) is 0 Å². The molecule has 0 amide bonds. The van der Waals surface area contributed by atoms with Crippen LogP contribution in [-0.2, 0) is 16.6 Å². The summed E-state index contributed by atoms with van der Waals surface area (Å²) in [6.45, 7) is 0.375. The molecular formula is C12H15N3O3S. The van der Waals surface area contributed by atoms with E-state index >= 15 is 0 Å². The van der Waals surface area contributed by atoms with E-state index in [1.165, 1.54) is 18.4 Å². The predicted octanol–water partition coefficient (Wildman–Crippen LogP) is 1.54. The summed E-state index contributed by atoms with van der Waals surface area (Å²) in [6.07, 6.45) is 1.54. The first-order valence-electron chi connectivity index (χ1n) is 5.67. The van der Waals surface area contributed by atoms with Crippen molar-refractivity contribution < 1.29 is 12.9 Å². The topological polar surface area (TPSA) is 75.4 Å². The molecule has 1 aromatic carbocycles. The normalized spacial score (nSPS) is 11.7. The summed E-state index contributed by atoms with van der Waals surface area (Å²) in [5.41, 5.74) is 0.535. The van der Waals surface area contributed by atoms with E-state index < -0.39 is 10.0 Å². The molecule has 0 atom stereocenters. The van der Waals surface area contributed by atoms with Gasteiger partial charge in [-0.1, -0.05) is 17.3 Å². The van der Waals surface area contributed by atoms with Crippen LogP contribution in [0.1, 0.15) is 5.76 Å². The summed E-state index contributed by atoms with van der Waals surface area (Å²) in [7, 11) is -0.469. The van der Waals surface area contributed by atoms with E-state index in [-0.39, 0.29) is 4.90 Å². The molecule has 0 unspecified atom stereocenters. The number of aromatic nitrogens is 1. The Labute approximate surface area is 112 Å². The number of nitrogens with one attached hydrogen (secondary N) is 1. The summed E-state index contributed by atoms with van der Waals surface area (Å²) >= 11 is 0. The lowest BCUT2D eigenvalue weighted by atomic mass is 10.3. The minimum absolute atomic E-state index is 0.236. The fourth-order valence-corrected chi connectivity index (χ4v) is 2.61. The van der Waals surface area contributed by atoms with E-state index in [2.05, 4.69) is 10.5 Å². The summed E-state index contributed by atoms with van der Waals surface area (Å²) in [5.74, 6) is 0.636. The second kappa shape index (κ2) is 5.41. The molecule has 2 rings (SSSR count). The molecule has 0 aliphatic carbocycles. The lowest BCUT2D eigenvalue weighted by Crippen LogP contribution is -2.23. The van der Waals surface area contributed by atoms with Crippen LogP contribution >= 0.6 is 0 Å². The number of para-hydroxylation sites is 1. The molecule has 0 saturated heterocycles. The number of hydrogen-bond acceptors (Lipinski definition) is 5. The number of sulfonamides is 1. The lowest BCUT2D eigenvalue weighted by Gasteiger charge is -2.15. The molecule has 7 heteroatoms. The molecule has 0 saturated carbocycles. The van der Waals surface area contributed by atoms with Crippen LogP contribution in [-0.4, -0.2) is 32.0 Å². The predicted molar refractivity (Wildman–Crippen MR) is 71.1 cm³/mol. The van der Waals surface area contributed by atoms with Crippen molar-refractivity contribution in [3.8, 4) is 0 Å². The summed E-state index contributed by atoms with van der Waals surface area (Å²) in [5, 5.41) is 6.63. The van der Waals surface area contributed by atoms with Crippen molar-refractivity contribution in [2.75, 3.05) is 19.4 Å². The fourth-order valence-electron chi connectivity index (χ4n) is 1.55. The van der Waals surface area contributed by atoms with Gasteiger partial charge in [0.2, 0.25) is 10.0 Å². The zero-order valence-corrected chi connectivity index (χ0v) is 11.5. The van der Waals surface area contributed by atoms with Crippen molar-refractivity contribution in [1.29, 1.82) is 0 Å². The standard InChI is InChI=1S/C12H15N3O3S/c1-15(2)19(16,17)12-6-4-3-5-11(12)13-9-10-7-8-14-18-10/h3-8,13H,9H2,1-2H3. The van der Waals surface area contributed by atoms with E-state index in [1.807, 2.05) is 0 Å². The largest absolute Gasteiger partial charge is 0.377 e. The molecule has 1 heterocycles. The average molecular weight is 281 g/mol. The number of anilines is 1. The van der Waals surface area contributed by atoms with E-state index in [1.54, 1.807) is 36.5 Å². The second-order valence-electron chi connectivity index (χ2n) is 4.12. The first kappa shape index (κ1) is 13.6. The van der Waals surface area contributed by atoms with Gasteiger partial charge in [0, 0.05) is 20.2 Å². The van der Waals surface area contributed by atoms with Gasteiger partial charge in [-0.3, -0.25) is 0 Å². The van der Waals surface area contributed by atoms with Crippen LogP contribution < -0.4 is 5.32 Å². The zero-order valence-electron chi connectivity index (χ0n) is 10.7. The Balaban J connectivity index is 2.27. The first-order chi connectivity index (χ1) is 9.01. The van der Waals surface area contributed by atoms with E-state index in [9.17, 15) is 8.42 Å². The highest BCUT2D eigenvalue weighted by Crippen LogP contribution is 2.23. The second-order valence-corrected chi connectivity index (χ2v) is 6.24. The Morgan fingerprint density at radius 2 is 2.00 bits per heavy atom. The van der Waals surface area contributed by atoms with Gasteiger partial charge in [-0.2, -0.15) is 0 Å². The van der Waals surface area contributed by atoms with Gasteiger partial charge in [-0.05, 0) is 12.1 Å². The molecule has 0 fully saturated rings. The minimum atomic E-state index is -3.47. The third kappa shape index (κ3) is 2.94. The molecule has 2 aromatic rings. The zero-order chi connectivity index (χ0) is 13.9. The van der Waals surface area contributed by atoms with Crippen LogP contribution in [0.4, 0.5) is 5.69 Å². The smallest absolute Gasteiger partial charge is 0.244 e. The third-order valence-corrected chi connectivity index (χ3v) is 4.46. The molecule has 0 aliphatic rings. The maximum Gasteiger partial charge on any atom is 0.244 e. The van der Waals surface area contributed by atoms with Crippen molar-refractivity contribution in [2.24, 2.45) is 0 Å². The van der Waals surface area contributed by atoms with Gasteiger partial charge in [0.1, 0.15) is 4.90 Å². The number of rotatable bonds is 5. The Kier molecular flexibility index (Phi) is 3.87. The maximum absolute atomic E-state index is 12.2. The van der Waals surface area contributed by atoms with Gasteiger partial charge in [-0.25, -0.2) is 12.7 Å². The third-order valence-electron chi connectivity index (χ3n) is 2.59. The molecule has 102 valence electrons. The van der Waals surface area contributed by atoms with Crippen molar-refractivity contribution in [2.45, 2.75) is 11.4 Å². The van der Waals surface area contributed by atoms with Crippen molar-refractivity contribution in [1.82, 2.24) is 9.46 Å². The van der Waals surface area contributed by atoms with Gasteiger partial charge < -0.3 is 9.84 Å². The Bertz CT molecular complexity index is 636. The molecule has 1 N–H and O–H groups in total. The average Bonchev–Trinajstić information content (AvgIpc) is 2.89. The molecule has 0 spiro atoms. The number of hydrogen-bond donors (Lipinski definition) is 1. The van der Waals surface area contributed by atoms with Crippen LogP contribution in [0.2, 0.25) is 0 Å². The maximum atomic E-state index is 12.2. The summed E-state index contributed by atoms with van der Waals surface area (Å²) in [4.78, 5) is 0.236. The van der Waals surface area contributed by atoms with Gasteiger partial charge in [-0.15, -0.1) is 0 Å². The van der Waals surface area contributed by atoms with Crippen LogP contribution in [0.25, 0.3) is 0 Å². The van der Waals surface area contributed by atoms with Crippen LogP contribution in [0.3, 0.4) is 0 Å². The van der Waals surface area contributed by atoms with E-state index in [0.717, 1.165) is 0 Å². The van der Waals surface area contributed by atoms with Gasteiger partial charge >= 0.3 is 0 Å². The fraction of sp³-hybridized carbons (Fsp3) is 0.250. The summed E-state index contributed by atoms with van der Waals surface area (Å²) in [6, 6.07) is 8.47. The van der Waals surface area contributed by atoms with E-state index in [4.69, 9.17) is 4.52 Å². The van der Waals surface area contributed by atoms with Gasteiger partial charge in [0.15, 0.2) is 5.76 Å². The summed E-state index contributed by atoms with van der Waals surface area (Å²) < 4.78 is 30.5. The molecule has 0 aliphatic heterocycles. The number of benzene rings is 1. The highest BCUT2D eigenvalue weighted by atomic mass is 32.2. The quantitative estimate of drug-likeness (QED) is 0.899. The van der Waals surface area contributed by atoms with Gasteiger partial charge in [0.25, 0.3) is 0 Å². The lowest BCUT2D eigenvalue weighted by molar-refractivity contribution is 0.388. The molecule has 0 bridgehead atoms. The van der Waals surface area contributed by atoms with Crippen molar-refractivity contribution in [3.05, 3.63) is 42.3 Å². The molecular weight excluding hydrogens is 266 g/mol. The molecule has 19 heavy (non-hydrogen) atoms. The van der Waals surface area contributed by atoms with Crippen LogP contribution in [0.15, 0.2) is 45.9 Å². The highest BCUT2D eigenvalue weighted by Gasteiger charge is 2.20. The Hall–Kier alpha value is -1.86. The Morgan fingerprint density at radius 3 is 2.63 bits per heavy atom. The number of nitrogens with zero attached hydrogens (tertiary/aromatic N) is 2. The monoisotopic (exact) mass is 281 g/mol. The minimum Gasteiger partial charge on any atom is -0.377 e. The van der Waals surface area contributed by atoms with Gasteiger partial charge in [0.05, 0.1) is 18.4 Å². The van der Waals surface area contributed by atoms with E-state index in [0.29, 0.717) is 18.0 Å². The Morgan fingerprint density at radius 1 is 1.26 bits per heavy atom. The highest BCUT2D eigenvalue weighted by molar-refractivity contribution is 7.89.